The van der Waals surface area contributed by atoms with Gasteiger partial charge in [0.1, 0.15) is 0 Å². The van der Waals surface area contributed by atoms with Gasteiger partial charge in [-0.3, -0.25) is 0 Å². The Morgan fingerprint density at radius 3 is 0.455 bits per heavy atom. The molecule has 0 rings (SSSR count). The van der Waals surface area contributed by atoms with Crippen LogP contribution < -0.4 is 0 Å². The second-order valence-electron chi connectivity index (χ2n) is 1.20. The quantitative estimate of drug-likeness (QED) is 0.192. The van der Waals surface area contributed by atoms with Gasteiger partial charge in [-0.15, -0.1) is 0 Å². The van der Waals surface area contributed by atoms with E-state index in [1.165, 1.54) is 0 Å². The summed E-state index contributed by atoms with van der Waals surface area (Å²) in [5, 5.41) is 0. The van der Waals surface area contributed by atoms with Gasteiger partial charge in [0.05, 0.1) is 0 Å². The molecule has 0 aromatic carbocycles. The molecule has 0 aliphatic carbocycles. The normalized spacial score (nSPS) is 10.9. The van der Waals surface area contributed by atoms with Crippen molar-refractivity contribution in [3.05, 3.63) is 0 Å². The summed E-state index contributed by atoms with van der Waals surface area (Å²) in [7, 11) is -9.22. The molecule has 0 aromatic rings. The Morgan fingerprint density at radius 1 is 0.455 bits per heavy atom. The molecule has 8 nitrogen and oxygen atoms in total. The van der Waals surface area contributed by atoms with E-state index in [9.17, 15) is 0 Å². The van der Waals surface area contributed by atoms with Gasteiger partial charge in [-0.1, -0.05) is 0 Å². The molecule has 0 aliphatic heterocycles. The molecule has 0 amide bonds. The first-order chi connectivity index (χ1) is 4.00. The molecule has 0 fully saturated rings. The van der Waals surface area contributed by atoms with Gasteiger partial charge < -0.3 is 38.4 Å². The molecule has 0 saturated carbocycles. The second-order valence-corrected chi connectivity index (χ2v) is 3.60. The molecular weight excluding hydrogens is 224 g/mol. The maximum atomic E-state index is 7.33. The van der Waals surface area contributed by atoms with Crippen molar-refractivity contribution in [2.24, 2.45) is 0 Å². The zero-order chi connectivity index (χ0) is 9.00. The molecule has 0 heterocycles. The Labute approximate surface area is 93.6 Å². The maximum absolute atomic E-state index is 7.33. The minimum absolute atomic E-state index is 0. The van der Waals surface area contributed by atoms with E-state index >= 15 is 0 Å². The zero-order valence-electron chi connectivity index (χ0n) is 4.58. The predicted molar refractivity (Wildman–Crippen MR) is 37.8 cm³/mol. The number of hydrogen-bond donors (Lipinski definition) is 8. The zero-order valence-corrected chi connectivity index (χ0v) is 6.58. The van der Waals surface area contributed by atoms with Crippen LogP contribution >= 0.6 is 0 Å². The molecule has 0 unspecified atom stereocenters. The van der Waals surface area contributed by atoms with Gasteiger partial charge >= 0.3 is 55.8 Å². The van der Waals surface area contributed by atoms with Crippen LogP contribution in [-0.2, 0) is 0 Å². The molecule has 0 aliphatic rings. The number of hydrogen-bond acceptors (Lipinski definition) is 8. The van der Waals surface area contributed by atoms with Crippen molar-refractivity contribution in [3.8, 4) is 0 Å². The Morgan fingerprint density at radius 2 is 0.455 bits per heavy atom. The monoisotopic (exact) mass is 234 g/mol. The third-order valence-electron chi connectivity index (χ3n) is 0. The predicted octanol–water partition coefficient (Wildman–Crippen LogP) is -6.13. The molecule has 0 bridgehead atoms. The summed E-state index contributed by atoms with van der Waals surface area (Å²) in [6.45, 7) is 0. The van der Waals surface area contributed by atoms with E-state index in [4.69, 9.17) is 38.4 Å². The molecule has 0 aromatic heterocycles. The first-order valence-corrected chi connectivity index (χ1v) is 5.37. The Balaban J connectivity index is -0.000000107. The fourth-order valence-electron chi connectivity index (χ4n) is 0. The summed E-state index contributed by atoms with van der Waals surface area (Å²) in [6.07, 6.45) is 0. The van der Waals surface area contributed by atoms with Crippen LogP contribution in [0, 0.1) is 0 Å². The van der Waals surface area contributed by atoms with Gasteiger partial charge in [-0.05, 0) is 0 Å². The average molecular weight is 234 g/mol. The van der Waals surface area contributed by atoms with Crippen LogP contribution in [0.2, 0.25) is 0 Å². The topological polar surface area (TPSA) is 162 Å². The summed E-state index contributed by atoms with van der Waals surface area (Å²) in [6, 6.07) is 0. The molecule has 0 spiro atoms. The van der Waals surface area contributed by atoms with Crippen molar-refractivity contribution in [2.45, 2.75) is 0 Å². The summed E-state index contributed by atoms with van der Waals surface area (Å²) in [4.78, 5) is 58.6. The van der Waals surface area contributed by atoms with Crippen LogP contribution in [0.1, 0.15) is 0 Å². The van der Waals surface area contributed by atoms with Crippen molar-refractivity contribution in [1.82, 2.24) is 0 Å². The van der Waals surface area contributed by atoms with Gasteiger partial charge in [0.25, 0.3) is 0 Å². The van der Waals surface area contributed by atoms with Gasteiger partial charge in [-0.2, -0.15) is 0 Å². The molecular formula is H10CaO8Si2. The SMILES string of the molecule is O[Si](O)(O)O.O[Si](O)(O)O.[CaH2]. The van der Waals surface area contributed by atoms with Crippen molar-refractivity contribution >= 4 is 55.8 Å². The van der Waals surface area contributed by atoms with E-state index in [2.05, 4.69) is 0 Å². The molecule has 0 atom stereocenters. The molecule has 11 heteroatoms. The molecule has 0 radical (unpaired) electrons. The summed E-state index contributed by atoms with van der Waals surface area (Å²) >= 11 is 0. The van der Waals surface area contributed by atoms with E-state index < -0.39 is 18.1 Å². The van der Waals surface area contributed by atoms with Crippen LogP contribution in [-0.4, -0.2) is 94.2 Å². The third-order valence-corrected chi connectivity index (χ3v) is 0. The van der Waals surface area contributed by atoms with Crippen molar-refractivity contribution in [2.75, 3.05) is 0 Å². The average Bonchev–Trinajstić information content (AvgIpc) is 1.12. The first kappa shape index (κ1) is 18.2. The fourth-order valence-corrected chi connectivity index (χ4v) is 0. The summed E-state index contributed by atoms with van der Waals surface area (Å²) < 4.78 is 0. The van der Waals surface area contributed by atoms with E-state index in [1.54, 1.807) is 0 Å². The molecule has 0 saturated heterocycles. The fraction of sp³-hybridized carbons (Fsp3) is 0. The summed E-state index contributed by atoms with van der Waals surface area (Å²) in [5.41, 5.74) is 0. The van der Waals surface area contributed by atoms with E-state index in [-0.39, 0.29) is 37.7 Å². The third kappa shape index (κ3) is 530. The van der Waals surface area contributed by atoms with E-state index in [1.807, 2.05) is 0 Å². The standard InChI is InChI=1S/Ca.2H4O4Si.2H/c;2*1-5(2,3)4;;/h;2*1-4H;;. The molecule has 8 N–H and O–H groups in total. The Bertz CT molecular complexity index is 55.1. The van der Waals surface area contributed by atoms with Crippen LogP contribution in [0.4, 0.5) is 0 Å². The van der Waals surface area contributed by atoms with Crippen LogP contribution in [0.15, 0.2) is 0 Å². The van der Waals surface area contributed by atoms with Crippen molar-refractivity contribution < 1.29 is 38.4 Å². The number of rotatable bonds is 0. The van der Waals surface area contributed by atoms with E-state index in [0.717, 1.165) is 0 Å². The van der Waals surface area contributed by atoms with Crippen LogP contribution in [0.5, 0.6) is 0 Å². The van der Waals surface area contributed by atoms with Crippen LogP contribution in [0.3, 0.4) is 0 Å². The Hall–Kier alpha value is 1.37. The van der Waals surface area contributed by atoms with Crippen molar-refractivity contribution in [1.29, 1.82) is 0 Å². The molecule has 68 valence electrons. The summed E-state index contributed by atoms with van der Waals surface area (Å²) in [5.74, 6) is 0. The molecule has 11 heavy (non-hydrogen) atoms. The van der Waals surface area contributed by atoms with Crippen LogP contribution in [0.25, 0.3) is 0 Å². The first-order valence-electron chi connectivity index (χ1n) is 1.79. The second kappa shape index (κ2) is 6.84. The Kier molecular flexibility index (Phi) is 11.3. The van der Waals surface area contributed by atoms with Gasteiger partial charge in [0.2, 0.25) is 0 Å². The van der Waals surface area contributed by atoms with Gasteiger partial charge in [0.15, 0.2) is 0 Å². The minimum atomic E-state index is -4.61. The van der Waals surface area contributed by atoms with Gasteiger partial charge in [-0.25, -0.2) is 0 Å². The van der Waals surface area contributed by atoms with Crippen molar-refractivity contribution in [3.63, 3.8) is 0 Å². The van der Waals surface area contributed by atoms with E-state index in [0.29, 0.717) is 0 Å². The van der Waals surface area contributed by atoms with Gasteiger partial charge in [0, 0.05) is 0 Å².